The van der Waals surface area contributed by atoms with E-state index < -0.39 is 0 Å². The molecular weight excluding hydrogens is 330 g/mol. The summed E-state index contributed by atoms with van der Waals surface area (Å²) < 4.78 is 7.43. The van der Waals surface area contributed by atoms with E-state index in [0.29, 0.717) is 11.4 Å². The summed E-state index contributed by atoms with van der Waals surface area (Å²) in [6, 6.07) is 10.9. The van der Waals surface area contributed by atoms with Crippen LogP contribution in [0.15, 0.2) is 59.7 Å². The summed E-state index contributed by atoms with van der Waals surface area (Å²) in [7, 11) is 0. The minimum Gasteiger partial charge on any atom is -0.459 e. The molecule has 0 fully saturated rings. The van der Waals surface area contributed by atoms with Crippen LogP contribution in [0.5, 0.6) is 0 Å². The fourth-order valence-corrected chi connectivity index (χ4v) is 2.96. The monoisotopic (exact) mass is 347 g/mol. The number of nitrogens with zero attached hydrogens (tertiary/aromatic N) is 4. The maximum atomic E-state index is 12.7. The van der Waals surface area contributed by atoms with Crippen LogP contribution in [-0.2, 0) is 0 Å². The molecule has 1 N–H and O–H groups in total. The van der Waals surface area contributed by atoms with E-state index in [2.05, 4.69) is 20.4 Å². The Kier molecular flexibility index (Phi) is 3.96. The van der Waals surface area contributed by atoms with E-state index in [1.807, 2.05) is 38.1 Å². The van der Waals surface area contributed by atoms with Crippen molar-refractivity contribution in [1.82, 2.24) is 25.1 Å². The zero-order valence-corrected chi connectivity index (χ0v) is 14.4. The summed E-state index contributed by atoms with van der Waals surface area (Å²) >= 11 is 0. The summed E-state index contributed by atoms with van der Waals surface area (Å²) in [4.78, 5) is 20.7. The maximum absolute atomic E-state index is 12.7. The zero-order valence-electron chi connectivity index (χ0n) is 14.4. The molecule has 7 heteroatoms. The number of aryl methyl sites for hydroxylation is 1. The first kappa shape index (κ1) is 16.0. The highest BCUT2D eigenvalue weighted by atomic mass is 16.3. The molecule has 3 heterocycles. The van der Waals surface area contributed by atoms with Gasteiger partial charge in [-0.3, -0.25) is 4.79 Å². The molecule has 130 valence electrons. The van der Waals surface area contributed by atoms with E-state index in [1.54, 1.807) is 18.3 Å². The smallest absolute Gasteiger partial charge is 0.252 e. The standard InChI is InChI=1S/C19H17N5O2/c1-12-15-5-3-4-6-16(15)26-18(12)13(2)23-19(25)14-7-8-21-17(9-14)24-11-20-10-22-24/h3-11,13H,1-2H3,(H,23,25). The minimum absolute atomic E-state index is 0.207. The van der Waals surface area contributed by atoms with E-state index in [1.165, 1.54) is 17.3 Å². The van der Waals surface area contributed by atoms with Gasteiger partial charge in [0.2, 0.25) is 0 Å². The first-order chi connectivity index (χ1) is 12.6. The maximum Gasteiger partial charge on any atom is 0.252 e. The quantitative estimate of drug-likeness (QED) is 0.613. The predicted octanol–water partition coefficient (Wildman–Crippen LogP) is 3.21. The number of furan rings is 1. The Hall–Kier alpha value is -3.48. The molecule has 1 atom stereocenters. The Morgan fingerprint density at radius 1 is 1.27 bits per heavy atom. The van der Waals surface area contributed by atoms with Gasteiger partial charge in [0.15, 0.2) is 5.82 Å². The van der Waals surface area contributed by atoms with Crippen molar-refractivity contribution in [2.75, 3.05) is 0 Å². The lowest BCUT2D eigenvalue weighted by Gasteiger charge is -2.13. The second kappa shape index (κ2) is 6.44. The van der Waals surface area contributed by atoms with Gasteiger partial charge in [-0.1, -0.05) is 18.2 Å². The summed E-state index contributed by atoms with van der Waals surface area (Å²) in [6.07, 6.45) is 4.52. The molecule has 1 amide bonds. The van der Waals surface area contributed by atoms with Gasteiger partial charge in [-0.2, -0.15) is 5.10 Å². The van der Waals surface area contributed by atoms with Gasteiger partial charge < -0.3 is 9.73 Å². The number of nitrogens with one attached hydrogen (secondary N) is 1. The van der Waals surface area contributed by atoms with Crippen molar-refractivity contribution >= 4 is 16.9 Å². The molecule has 0 radical (unpaired) electrons. The fraction of sp³-hybridized carbons (Fsp3) is 0.158. The molecule has 0 saturated heterocycles. The van der Waals surface area contributed by atoms with E-state index in [4.69, 9.17) is 4.42 Å². The third-order valence-corrected chi connectivity index (χ3v) is 4.28. The third-order valence-electron chi connectivity index (χ3n) is 4.28. The Morgan fingerprint density at radius 2 is 2.12 bits per heavy atom. The number of fused-ring (bicyclic) bond motifs is 1. The first-order valence-corrected chi connectivity index (χ1v) is 8.23. The normalized spacial score (nSPS) is 12.2. The average Bonchev–Trinajstić information content (AvgIpc) is 3.31. The molecule has 7 nitrogen and oxygen atoms in total. The first-order valence-electron chi connectivity index (χ1n) is 8.23. The Balaban J connectivity index is 1.57. The van der Waals surface area contributed by atoms with Crippen molar-refractivity contribution in [3.05, 3.63) is 72.1 Å². The van der Waals surface area contributed by atoms with Crippen molar-refractivity contribution in [2.45, 2.75) is 19.9 Å². The number of aromatic nitrogens is 4. The summed E-state index contributed by atoms with van der Waals surface area (Å²) in [6.45, 7) is 3.90. The van der Waals surface area contributed by atoms with Crippen molar-refractivity contribution in [3.8, 4) is 5.82 Å². The lowest BCUT2D eigenvalue weighted by molar-refractivity contribution is 0.0935. The molecule has 0 aliphatic carbocycles. The topological polar surface area (TPSA) is 85.8 Å². The highest BCUT2D eigenvalue weighted by Crippen LogP contribution is 2.29. The molecule has 3 aromatic heterocycles. The molecular formula is C19H17N5O2. The molecule has 0 aliphatic heterocycles. The van der Waals surface area contributed by atoms with Crippen molar-refractivity contribution < 1.29 is 9.21 Å². The van der Waals surface area contributed by atoms with Crippen molar-refractivity contribution in [2.24, 2.45) is 0 Å². The number of carbonyl (C=O) groups excluding carboxylic acids is 1. The molecule has 0 saturated carbocycles. The van der Waals surface area contributed by atoms with Crippen LogP contribution in [0.25, 0.3) is 16.8 Å². The number of hydrogen-bond donors (Lipinski definition) is 1. The fourth-order valence-electron chi connectivity index (χ4n) is 2.96. The van der Waals surface area contributed by atoms with Gasteiger partial charge in [0.25, 0.3) is 5.91 Å². The van der Waals surface area contributed by atoms with Gasteiger partial charge in [0, 0.05) is 22.7 Å². The molecule has 4 rings (SSSR count). The van der Waals surface area contributed by atoms with Gasteiger partial charge in [0.05, 0.1) is 6.04 Å². The molecule has 26 heavy (non-hydrogen) atoms. The number of benzene rings is 1. The van der Waals surface area contributed by atoms with Crippen LogP contribution in [0, 0.1) is 6.92 Å². The lowest BCUT2D eigenvalue weighted by Crippen LogP contribution is -2.27. The Morgan fingerprint density at radius 3 is 2.88 bits per heavy atom. The minimum atomic E-state index is -0.266. The van der Waals surface area contributed by atoms with Crippen molar-refractivity contribution in [1.29, 1.82) is 0 Å². The number of carbonyl (C=O) groups is 1. The van der Waals surface area contributed by atoms with Gasteiger partial charge in [0.1, 0.15) is 24.0 Å². The van der Waals surface area contributed by atoms with E-state index in [-0.39, 0.29) is 11.9 Å². The van der Waals surface area contributed by atoms with Crippen LogP contribution >= 0.6 is 0 Å². The van der Waals surface area contributed by atoms with Crippen molar-refractivity contribution in [3.63, 3.8) is 0 Å². The number of hydrogen-bond acceptors (Lipinski definition) is 5. The summed E-state index contributed by atoms with van der Waals surface area (Å²) in [5, 5.41) is 8.07. The van der Waals surface area contributed by atoms with E-state index >= 15 is 0 Å². The van der Waals surface area contributed by atoms with Crippen LogP contribution in [0.2, 0.25) is 0 Å². The third kappa shape index (κ3) is 2.83. The van der Waals surface area contributed by atoms with E-state index in [0.717, 1.165) is 22.3 Å². The molecule has 1 unspecified atom stereocenters. The van der Waals surface area contributed by atoms with Gasteiger partial charge in [-0.25, -0.2) is 14.6 Å². The van der Waals surface area contributed by atoms with Gasteiger partial charge >= 0.3 is 0 Å². The molecule has 0 bridgehead atoms. The second-order valence-electron chi connectivity index (χ2n) is 6.03. The average molecular weight is 347 g/mol. The van der Waals surface area contributed by atoms with E-state index in [9.17, 15) is 4.79 Å². The largest absolute Gasteiger partial charge is 0.459 e. The van der Waals surface area contributed by atoms with Gasteiger partial charge in [-0.15, -0.1) is 0 Å². The number of rotatable bonds is 4. The molecule has 4 aromatic rings. The Bertz CT molecular complexity index is 1070. The lowest BCUT2D eigenvalue weighted by atomic mass is 10.1. The van der Waals surface area contributed by atoms with Crippen LogP contribution in [0.1, 0.15) is 34.6 Å². The molecule has 0 spiro atoms. The van der Waals surface area contributed by atoms with Crippen LogP contribution in [0.3, 0.4) is 0 Å². The number of pyridine rings is 1. The van der Waals surface area contributed by atoms with Crippen LogP contribution in [-0.4, -0.2) is 25.7 Å². The summed E-state index contributed by atoms with van der Waals surface area (Å²) in [5.74, 6) is 1.08. The van der Waals surface area contributed by atoms with Crippen LogP contribution in [0.4, 0.5) is 0 Å². The second-order valence-corrected chi connectivity index (χ2v) is 6.03. The zero-order chi connectivity index (χ0) is 18.1. The Labute approximate surface area is 149 Å². The molecule has 0 aliphatic rings. The number of amides is 1. The number of para-hydroxylation sites is 1. The predicted molar refractivity (Wildman–Crippen MR) is 96.0 cm³/mol. The summed E-state index contributed by atoms with van der Waals surface area (Å²) in [5.41, 5.74) is 2.34. The van der Waals surface area contributed by atoms with Crippen LogP contribution < -0.4 is 5.32 Å². The highest BCUT2D eigenvalue weighted by molar-refractivity contribution is 5.94. The molecule has 1 aromatic carbocycles. The highest BCUT2D eigenvalue weighted by Gasteiger charge is 2.19. The SMILES string of the molecule is Cc1c(C(C)NC(=O)c2ccnc(-n3cncn3)c2)oc2ccccc12. The van der Waals surface area contributed by atoms with Gasteiger partial charge in [-0.05, 0) is 32.0 Å².